The van der Waals surface area contributed by atoms with Gasteiger partial charge in [0.05, 0.1) is 12.2 Å². The van der Waals surface area contributed by atoms with E-state index in [1.165, 1.54) is 0 Å². The largest absolute Gasteiger partial charge is 0.462 e. The van der Waals surface area contributed by atoms with Crippen molar-refractivity contribution in [3.63, 3.8) is 0 Å². The molecular formula is C17H16NO3S. The van der Waals surface area contributed by atoms with Gasteiger partial charge in [0, 0.05) is 10.5 Å². The summed E-state index contributed by atoms with van der Waals surface area (Å²) >= 11 is 1.16. The Labute approximate surface area is 134 Å². The standard InChI is InChI=1S/C17H16NO3S/c1-3-21-17(20)14-10-7-11-15(12(14)2)22-18-16(19)13-8-5-4-6-9-13/h4-6,8-11H,3H2,1-2H3,(H,18,19). The van der Waals surface area contributed by atoms with Gasteiger partial charge in [0.2, 0.25) is 0 Å². The molecule has 1 radical (unpaired) electrons. The minimum Gasteiger partial charge on any atom is -0.462 e. The Balaban J connectivity index is 2.09. The number of carbonyl (C=O) groups is 2. The van der Waals surface area contributed by atoms with Crippen molar-refractivity contribution in [2.24, 2.45) is 0 Å². The fourth-order valence-corrected chi connectivity index (χ4v) is 2.54. The summed E-state index contributed by atoms with van der Waals surface area (Å²) in [6.45, 7) is 3.90. The third-order valence-electron chi connectivity index (χ3n) is 3.00. The van der Waals surface area contributed by atoms with Gasteiger partial charge in [-0.25, -0.2) is 4.79 Å². The van der Waals surface area contributed by atoms with E-state index in [1.54, 1.807) is 43.3 Å². The number of nitrogens with one attached hydrogen (secondary N) is 1. The van der Waals surface area contributed by atoms with Gasteiger partial charge in [-0.2, -0.15) is 0 Å². The van der Waals surface area contributed by atoms with Crippen LogP contribution in [0.5, 0.6) is 0 Å². The van der Waals surface area contributed by atoms with E-state index < -0.39 is 0 Å². The molecule has 0 bridgehead atoms. The molecule has 2 aromatic rings. The third-order valence-corrected chi connectivity index (χ3v) is 3.93. The SMILES string of the molecule is CCOC(=O)c1c[c]cc(SNC(=O)c2ccccc2)c1C. The number of ether oxygens (including phenoxy) is 1. The van der Waals surface area contributed by atoms with Crippen LogP contribution in [0.15, 0.2) is 47.4 Å². The van der Waals surface area contributed by atoms with Crippen molar-refractivity contribution in [2.45, 2.75) is 18.7 Å². The molecule has 0 atom stereocenters. The van der Waals surface area contributed by atoms with Gasteiger partial charge in [0.1, 0.15) is 0 Å². The number of rotatable bonds is 5. The van der Waals surface area contributed by atoms with Crippen LogP contribution >= 0.6 is 11.9 Å². The summed E-state index contributed by atoms with van der Waals surface area (Å²) in [4.78, 5) is 24.6. The lowest BCUT2D eigenvalue weighted by molar-refractivity contribution is 0.0525. The monoisotopic (exact) mass is 314 g/mol. The molecule has 0 aliphatic rings. The lowest BCUT2D eigenvalue weighted by Gasteiger charge is -2.10. The maximum atomic E-state index is 12.0. The van der Waals surface area contributed by atoms with E-state index in [1.807, 2.05) is 13.0 Å². The van der Waals surface area contributed by atoms with Crippen LogP contribution in [-0.2, 0) is 4.74 Å². The van der Waals surface area contributed by atoms with Crippen LogP contribution in [0.3, 0.4) is 0 Å². The van der Waals surface area contributed by atoms with Crippen LogP contribution in [0.4, 0.5) is 0 Å². The Morgan fingerprint density at radius 3 is 2.64 bits per heavy atom. The summed E-state index contributed by atoms with van der Waals surface area (Å²) in [6, 6.07) is 15.2. The first-order valence-corrected chi connectivity index (χ1v) is 7.65. The van der Waals surface area contributed by atoms with E-state index in [0.717, 1.165) is 22.4 Å². The first kappa shape index (κ1) is 16.1. The molecule has 5 heteroatoms. The highest BCUT2D eigenvalue weighted by molar-refractivity contribution is 7.98. The Morgan fingerprint density at radius 1 is 1.23 bits per heavy atom. The zero-order valence-corrected chi connectivity index (χ0v) is 13.2. The summed E-state index contributed by atoms with van der Waals surface area (Å²) < 4.78 is 7.76. The van der Waals surface area contributed by atoms with Gasteiger partial charge in [-0.05, 0) is 61.7 Å². The zero-order chi connectivity index (χ0) is 15.9. The van der Waals surface area contributed by atoms with Crippen LogP contribution < -0.4 is 4.72 Å². The molecule has 4 nitrogen and oxygen atoms in total. The molecule has 0 saturated carbocycles. The number of amides is 1. The Kier molecular flexibility index (Phi) is 5.61. The van der Waals surface area contributed by atoms with Gasteiger partial charge in [0.25, 0.3) is 5.91 Å². The lowest BCUT2D eigenvalue weighted by atomic mass is 10.1. The molecule has 0 heterocycles. The van der Waals surface area contributed by atoms with Crippen LogP contribution in [0.25, 0.3) is 0 Å². The van der Waals surface area contributed by atoms with E-state index in [-0.39, 0.29) is 11.9 Å². The molecule has 0 aliphatic heterocycles. The van der Waals surface area contributed by atoms with Crippen molar-refractivity contribution in [2.75, 3.05) is 6.61 Å². The second-order valence-electron chi connectivity index (χ2n) is 4.48. The quantitative estimate of drug-likeness (QED) is 0.679. The van der Waals surface area contributed by atoms with E-state index in [0.29, 0.717) is 17.7 Å². The fraction of sp³-hybridized carbons (Fsp3) is 0.176. The molecule has 0 aliphatic carbocycles. The van der Waals surface area contributed by atoms with Crippen molar-refractivity contribution in [3.8, 4) is 0 Å². The van der Waals surface area contributed by atoms with Crippen molar-refractivity contribution < 1.29 is 14.3 Å². The van der Waals surface area contributed by atoms with Crippen molar-refractivity contribution in [3.05, 3.63) is 65.2 Å². The van der Waals surface area contributed by atoms with Gasteiger partial charge >= 0.3 is 5.97 Å². The molecule has 1 N–H and O–H groups in total. The second-order valence-corrected chi connectivity index (χ2v) is 5.33. The topological polar surface area (TPSA) is 55.4 Å². The van der Waals surface area contributed by atoms with Crippen LogP contribution in [-0.4, -0.2) is 18.5 Å². The van der Waals surface area contributed by atoms with Gasteiger partial charge in [-0.15, -0.1) is 0 Å². The average Bonchev–Trinajstić information content (AvgIpc) is 2.54. The van der Waals surface area contributed by atoms with Gasteiger partial charge in [-0.3, -0.25) is 9.52 Å². The fourth-order valence-electron chi connectivity index (χ4n) is 1.83. The Hall–Kier alpha value is -2.27. The van der Waals surface area contributed by atoms with Crippen molar-refractivity contribution in [1.82, 2.24) is 4.72 Å². The Morgan fingerprint density at radius 2 is 1.95 bits per heavy atom. The summed E-state index contributed by atoms with van der Waals surface area (Å²) in [5, 5.41) is 0. The van der Waals surface area contributed by atoms with Gasteiger partial charge in [-0.1, -0.05) is 18.2 Å². The van der Waals surface area contributed by atoms with Crippen LogP contribution in [0.2, 0.25) is 0 Å². The highest BCUT2D eigenvalue weighted by atomic mass is 32.2. The molecular weight excluding hydrogens is 298 g/mol. The van der Waals surface area contributed by atoms with Crippen LogP contribution in [0, 0.1) is 13.0 Å². The zero-order valence-electron chi connectivity index (χ0n) is 12.4. The maximum absolute atomic E-state index is 12.0. The first-order chi connectivity index (χ1) is 10.6. The van der Waals surface area contributed by atoms with E-state index >= 15 is 0 Å². The summed E-state index contributed by atoms with van der Waals surface area (Å²) in [5.41, 5.74) is 1.80. The minimum atomic E-state index is -0.381. The highest BCUT2D eigenvalue weighted by Gasteiger charge is 2.14. The van der Waals surface area contributed by atoms with Gasteiger partial charge in [0.15, 0.2) is 0 Å². The first-order valence-electron chi connectivity index (χ1n) is 6.83. The minimum absolute atomic E-state index is 0.188. The van der Waals surface area contributed by atoms with Crippen molar-refractivity contribution >= 4 is 23.8 Å². The van der Waals surface area contributed by atoms with Crippen LogP contribution in [0.1, 0.15) is 33.2 Å². The molecule has 2 rings (SSSR count). The molecule has 1 amide bonds. The third kappa shape index (κ3) is 3.89. The summed E-state index contributed by atoms with van der Waals surface area (Å²) in [5.74, 6) is -0.570. The molecule has 0 spiro atoms. The van der Waals surface area contributed by atoms with E-state index in [2.05, 4.69) is 10.8 Å². The molecule has 2 aromatic carbocycles. The number of hydrogen-bond acceptors (Lipinski definition) is 4. The van der Waals surface area contributed by atoms with Gasteiger partial charge < -0.3 is 4.74 Å². The number of esters is 1. The number of benzene rings is 2. The predicted molar refractivity (Wildman–Crippen MR) is 85.7 cm³/mol. The lowest BCUT2D eigenvalue weighted by Crippen LogP contribution is -2.16. The highest BCUT2D eigenvalue weighted by Crippen LogP contribution is 2.23. The maximum Gasteiger partial charge on any atom is 0.338 e. The molecule has 0 aromatic heterocycles. The second kappa shape index (κ2) is 7.66. The average molecular weight is 314 g/mol. The molecule has 0 saturated heterocycles. The smallest absolute Gasteiger partial charge is 0.338 e. The predicted octanol–water partition coefficient (Wildman–Crippen LogP) is 3.41. The van der Waals surface area contributed by atoms with Crippen molar-refractivity contribution in [1.29, 1.82) is 0 Å². The summed E-state index contributed by atoms with van der Waals surface area (Å²) in [6.07, 6.45) is 0. The molecule has 0 fully saturated rings. The Bertz CT molecular complexity index is 671. The molecule has 113 valence electrons. The normalized spacial score (nSPS) is 10.1. The summed E-state index contributed by atoms with van der Waals surface area (Å²) in [7, 11) is 0. The molecule has 0 unspecified atom stereocenters. The van der Waals surface area contributed by atoms with E-state index in [9.17, 15) is 9.59 Å². The number of carbonyl (C=O) groups excluding carboxylic acids is 2. The number of hydrogen-bond donors (Lipinski definition) is 1. The van der Waals surface area contributed by atoms with E-state index in [4.69, 9.17) is 4.74 Å². The molecule has 22 heavy (non-hydrogen) atoms.